The Balaban J connectivity index is 1.70. The van der Waals surface area contributed by atoms with E-state index in [4.69, 9.17) is 4.74 Å². The van der Waals surface area contributed by atoms with Crippen molar-refractivity contribution < 1.29 is 9.53 Å². The number of carbonyl (C=O) groups is 1. The summed E-state index contributed by atoms with van der Waals surface area (Å²) in [4.78, 5) is 13.9. The molecular weight excluding hydrogens is 204 g/mol. The molecule has 1 spiro atoms. The molecule has 0 aromatic heterocycles. The van der Waals surface area contributed by atoms with Crippen LogP contribution in [-0.4, -0.2) is 42.3 Å². The van der Waals surface area contributed by atoms with Gasteiger partial charge in [0.25, 0.3) is 0 Å². The minimum absolute atomic E-state index is 0.0633. The zero-order valence-electron chi connectivity index (χ0n) is 9.71. The predicted molar refractivity (Wildman–Crippen MR) is 60.3 cm³/mol. The first-order valence-corrected chi connectivity index (χ1v) is 6.49. The number of hydrogen-bond acceptors (Lipinski definition) is 3. The molecule has 0 aromatic rings. The van der Waals surface area contributed by atoms with Crippen LogP contribution in [0.2, 0.25) is 0 Å². The van der Waals surface area contributed by atoms with Crippen molar-refractivity contribution in [3.63, 3.8) is 0 Å². The Labute approximate surface area is 96.3 Å². The second-order valence-corrected chi connectivity index (χ2v) is 5.37. The van der Waals surface area contributed by atoms with E-state index in [1.54, 1.807) is 0 Å². The lowest BCUT2D eigenvalue weighted by Crippen LogP contribution is -2.43. The molecule has 90 valence electrons. The molecule has 4 nitrogen and oxygen atoms in total. The van der Waals surface area contributed by atoms with E-state index in [9.17, 15) is 4.79 Å². The molecule has 3 aliphatic rings. The van der Waals surface area contributed by atoms with Crippen LogP contribution in [-0.2, 0) is 4.74 Å². The molecule has 1 aliphatic carbocycles. The standard InChI is InChI=1S/C12H20N2O2/c15-11-14(10-3-1-4-10)9-12(16-11)5-2-7-13-8-6-12/h10,13H,1-9H2. The molecule has 2 aliphatic heterocycles. The van der Waals surface area contributed by atoms with E-state index in [0.717, 1.165) is 38.9 Å². The van der Waals surface area contributed by atoms with Gasteiger partial charge in [-0.1, -0.05) is 0 Å². The zero-order valence-corrected chi connectivity index (χ0v) is 9.71. The van der Waals surface area contributed by atoms with Crippen molar-refractivity contribution in [1.82, 2.24) is 10.2 Å². The van der Waals surface area contributed by atoms with E-state index >= 15 is 0 Å². The normalized spacial score (nSPS) is 36.0. The van der Waals surface area contributed by atoms with Crippen LogP contribution in [0.25, 0.3) is 0 Å². The van der Waals surface area contributed by atoms with Crippen LogP contribution < -0.4 is 5.32 Å². The van der Waals surface area contributed by atoms with Crippen LogP contribution in [0.3, 0.4) is 0 Å². The van der Waals surface area contributed by atoms with Gasteiger partial charge in [-0.25, -0.2) is 4.79 Å². The Morgan fingerprint density at radius 2 is 2.12 bits per heavy atom. The van der Waals surface area contributed by atoms with Gasteiger partial charge < -0.3 is 15.0 Å². The maximum atomic E-state index is 11.9. The molecule has 0 aromatic carbocycles. The number of ether oxygens (including phenoxy) is 1. The van der Waals surface area contributed by atoms with Crippen LogP contribution >= 0.6 is 0 Å². The lowest BCUT2D eigenvalue weighted by molar-refractivity contribution is 0.0469. The molecule has 0 radical (unpaired) electrons. The molecule has 3 rings (SSSR count). The minimum Gasteiger partial charge on any atom is -0.441 e. The summed E-state index contributed by atoms with van der Waals surface area (Å²) in [5.74, 6) is 0. The number of amides is 1. The highest BCUT2D eigenvalue weighted by Crippen LogP contribution is 2.36. The molecule has 0 bridgehead atoms. The predicted octanol–water partition coefficient (Wildman–Crippen LogP) is 1.50. The lowest BCUT2D eigenvalue weighted by atomic mass is 9.89. The Kier molecular flexibility index (Phi) is 2.54. The van der Waals surface area contributed by atoms with Crippen molar-refractivity contribution in [2.24, 2.45) is 0 Å². The molecule has 1 unspecified atom stereocenters. The average Bonchev–Trinajstić information content (AvgIpc) is 2.37. The minimum atomic E-state index is -0.170. The zero-order chi connectivity index (χ0) is 11.0. The fourth-order valence-electron chi connectivity index (χ4n) is 2.99. The lowest BCUT2D eigenvalue weighted by Gasteiger charge is -2.33. The molecule has 2 heterocycles. The first-order chi connectivity index (χ1) is 7.79. The molecule has 1 N–H and O–H groups in total. The highest BCUT2D eigenvalue weighted by atomic mass is 16.6. The number of nitrogens with zero attached hydrogens (tertiary/aromatic N) is 1. The quantitative estimate of drug-likeness (QED) is 0.734. The van der Waals surface area contributed by atoms with Gasteiger partial charge >= 0.3 is 6.09 Å². The maximum absolute atomic E-state index is 11.9. The molecule has 16 heavy (non-hydrogen) atoms. The summed E-state index contributed by atoms with van der Waals surface area (Å²) in [6.07, 6.45) is 6.66. The van der Waals surface area contributed by atoms with Crippen molar-refractivity contribution in [1.29, 1.82) is 0 Å². The summed E-state index contributed by atoms with van der Waals surface area (Å²) in [5, 5.41) is 3.38. The third-order valence-corrected chi connectivity index (χ3v) is 4.26. The second-order valence-electron chi connectivity index (χ2n) is 5.37. The Hall–Kier alpha value is -0.770. The van der Waals surface area contributed by atoms with Gasteiger partial charge in [-0.05, 0) is 45.2 Å². The smallest absolute Gasteiger partial charge is 0.410 e. The summed E-state index contributed by atoms with van der Waals surface area (Å²) in [6, 6.07) is 0.475. The molecule has 4 heteroatoms. The van der Waals surface area contributed by atoms with Gasteiger partial charge in [-0.2, -0.15) is 0 Å². The van der Waals surface area contributed by atoms with Gasteiger partial charge in [0.15, 0.2) is 0 Å². The largest absolute Gasteiger partial charge is 0.441 e. The van der Waals surface area contributed by atoms with Crippen LogP contribution in [0.15, 0.2) is 0 Å². The summed E-state index contributed by atoms with van der Waals surface area (Å²) in [6.45, 7) is 2.87. The van der Waals surface area contributed by atoms with Gasteiger partial charge in [-0.3, -0.25) is 0 Å². The number of carbonyl (C=O) groups excluding carboxylic acids is 1. The van der Waals surface area contributed by atoms with Gasteiger partial charge in [-0.15, -0.1) is 0 Å². The monoisotopic (exact) mass is 224 g/mol. The Morgan fingerprint density at radius 3 is 2.88 bits per heavy atom. The first kappa shape index (κ1) is 10.4. The van der Waals surface area contributed by atoms with Gasteiger partial charge in [0, 0.05) is 12.5 Å². The summed E-state index contributed by atoms with van der Waals surface area (Å²) in [5.41, 5.74) is -0.170. The van der Waals surface area contributed by atoms with Crippen LogP contribution in [0, 0.1) is 0 Å². The molecule has 2 saturated heterocycles. The highest BCUT2D eigenvalue weighted by Gasteiger charge is 2.47. The van der Waals surface area contributed by atoms with Crippen LogP contribution in [0.5, 0.6) is 0 Å². The van der Waals surface area contributed by atoms with E-state index in [1.165, 1.54) is 19.3 Å². The van der Waals surface area contributed by atoms with E-state index < -0.39 is 0 Å². The highest BCUT2D eigenvalue weighted by molar-refractivity contribution is 5.71. The van der Waals surface area contributed by atoms with Gasteiger partial charge in [0.2, 0.25) is 0 Å². The van der Waals surface area contributed by atoms with Gasteiger partial charge in [0.05, 0.1) is 6.54 Å². The van der Waals surface area contributed by atoms with E-state index in [2.05, 4.69) is 5.32 Å². The number of rotatable bonds is 1. The van der Waals surface area contributed by atoms with E-state index in [-0.39, 0.29) is 11.7 Å². The molecular formula is C12H20N2O2. The fraction of sp³-hybridized carbons (Fsp3) is 0.917. The number of hydrogen-bond donors (Lipinski definition) is 1. The van der Waals surface area contributed by atoms with Crippen molar-refractivity contribution >= 4 is 6.09 Å². The third kappa shape index (κ3) is 1.69. The Morgan fingerprint density at radius 1 is 1.25 bits per heavy atom. The first-order valence-electron chi connectivity index (χ1n) is 6.49. The average molecular weight is 224 g/mol. The molecule has 1 amide bonds. The van der Waals surface area contributed by atoms with Crippen LogP contribution in [0.1, 0.15) is 38.5 Å². The molecule has 1 atom stereocenters. The van der Waals surface area contributed by atoms with Crippen molar-refractivity contribution in [3.05, 3.63) is 0 Å². The van der Waals surface area contributed by atoms with E-state index in [0.29, 0.717) is 6.04 Å². The van der Waals surface area contributed by atoms with Gasteiger partial charge in [0.1, 0.15) is 5.60 Å². The third-order valence-electron chi connectivity index (χ3n) is 4.26. The van der Waals surface area contributed by atoms with Crippen molar-refractivity contribution in [2.75, 3.05) is 19.6 Å². The molecule has 3 fully saturated rings. The Bertz CT molecular complexity index is 281. The van der Waals surface area contributed by atoms with Crippen molar-refractivity contribution in [3.8, 4) is 0 Å². The summed E-state index contributed by atoms with van der Waals surface area (Å²) >= 11 is 0. The summed E-state index contributed by atoms with van der Waals surface area (Å²) in [7, 11) is 0. The van der Waals surface area contributed by atoms with Crippen LogP contribution in [0.4, 0.5) is 4.79 Å². The summed E-state index contributed by atoms with van der Waals surface area (Å²) < 4.78 is 5.69. The fourth-order valence-corrected chi connectivity index (χ4v) is 2.99. The van der Waals surface area contributed by atoms with Crippen molar-refractivity contribution in [2.45, 2.75) is 50.2 Å². The number of nitrogens with one attached hydrogen (secondary N) is 1. The van der Waals surface area contributed by atoms with E-state index in [1.807, 2.05) is 4.90 Å². The SMILES string of the molecule is O=C1OC2(CCCNCC2)CN1C1CCC1. The second kappa shape index (κ2) is 3.91. The topological polar surface area (TPSA) is 41.6 Å². The molecule has 1 saturated carbocycles. The maximum Gasteiger partial charge on any atom is 0.410 e.